The second kappa shape index (κ2) is 5.44. The van der Waals surface area contributed by atoms with Crippen LogP contribution in [0.25, 0.3) is 5.65 Å². The minimum Gasteiger partial charge on any atom is -0.481 e. The number of aliphatic carboxylic acids is 1. The van der Waals surface area contributed by atoms with Crippen molar-refractivity contribution in [1.82, 2.24) is 19.6 Å². The van der Waals surface area contributed by atoms with Gasteiger partial charge in [0.15, 0.2) is 5.82 Å². The molecule has 0 amide bonds. The molecule has 0 bridgehead atoms. The van der Waals surface area contributed by atoms with Crippen LogP contribution in [0.3, 0.4) is 0 Å². The minimum absolute atomic E-state index is 0.0197. The van der Waals surface area contributed by atoms with Gasteiger partial charge in [0.2, 0.25) is 5.65 Å². The van der Waals surface area contributed by atoms with E-state index in [0.717, 1.165) is 6.42 Å². The van der Waals surface area contributed by atoms with E-state index in [2.05, 4.69) is 41.3 Å². The average Bonchev–Trinajstić information content (AvgIpc) is 2.74. The lowest BCUT2D eigenvalue weighted by Crippen LogP contribution is -2.29. The second-order valence-electron chi connectivity index (χ2n) is 6.04. The molecule has 2 heterocycles. The zero-order valence-corrected chi connectivity index (χ0v) is 11.9. The van der Waals surface area contributed by atoms with Crippen molar-refractivity contribution in [3.8, 4) is 0 Å². The number of hydrogen-bond acceptors (Lipinski definition) is 5. The van der Waals surface area contributed by atoms with Gasteiger partial charge in [0, 0.05) is 18.4 Å². The number of fused-ring (bicyclic) bond motifs is 1. The van der Waals surface area contributed by atoms with Crippen molar-refractivity contribution in [3.05, 3.63) is 18.7 Å². The molecule has 0 saturated heterocycles. The van der Waals surface area contributed by atoms with E-state index in [0.29, 0.717) is 11.5 Å². The van der Waals surface area contributed by atoms with Crippen molar-refractivity contribution >= 4 is 17.4 Å². The number of carbonyl (C=O) groups is 1. The van der Waals surface area contributed by atoms with E-state index in [4.69, 9.17) is 5.11 Å². The van der Waals surface area contributed by atoms with Crippen LogP contribution in [-0.4, -0.2) is 36.7 Å². The molecular weight excluding hydrogens is 258 g/mol. The first-order chi connectivity index (χ1) is 9.35. The first-order valence-corrected chi connectivity index (χ1v) is 6.48. The molecule has 2 N–H and O–H groups in total. The van der Waals surface area contributed by atoms with Crippen molar-refractivity contribution < 1.29 is 9.90 Å². The van der Waals surface area contributed by atoms with Gasteiger partial charge in [0.25, 0.3) is 0 Å². The molecule has 0 fully saturated rings. The molecule has 2 aromatic rings. The van der Waals surface area contributed by atoms with Crippen LogP contribution in [0, 0.1) is 5.41 Å². The molecule has 0 radical (unpaired) electrons. The number of carboxylic acids is 1. The molecule has 7 nitrogen and oxygen atoms in total. The third-order valence-corrected chi connectivity index (χ3v) is 2.84. The Kier molecular flexibility index (Phi) is 3.87. The number of carboxylic acid groups (broad SMARTS) is 1. The third kappa shape index (κ3) is 3.66. The van der Waals surface area contributed by atoms with Gasteiger partial charge in [-0.05, 0) is 11.8 Å². The van der Waals surface area contributed by atoms with Crippen LogP contribution in [0.1, 0.15) is 33.6 Å². The largest absolute Gasteiger partial charge is 0.481 e. The molecule has 20 heavy (non-hydrogen) atoms. The Morgan fingerprint density at radius 3 is 2.90 bits per heavy atom. The Labute approximate surface area is 117 Å². The van der Waals surface area contributed by atoms with Crippen molar-refractivity contribution in [2.24, 2.45) is 5.41 Å². The summed E-state index contributed by atoms with van der Waals surface area (Å²) in [6.07, 6.45) is 5.71. The van der Waals surface area contributed by atoms with Gasteiger partial charge < -0.3 is 10.4 Å². The van der Waals surface area contributed by atoms with Crippen LogP contribution in [0.2, 0.25) is 0 Å². The molecule has 0 aliphatic rings. The maximum atomic E-state index is 11.0. The van der Waals surface area contributed by atoms with Crippen LogP contribution in [0.4, 0.5) is 5.82 Å². The van der Waals surface area contributed by atoms with Gasteiger partial charge in [-0.15, -0.1) is 10.2 Å². The second-order valence-corrected chi connectivity index (χ2v) is 6.04. The van der Waals surface area contributed by atoms with Crippen molar-refractivity contribution in [3.63, 3.8) is 0 Å². The summed E-state index contributed by atoms with van der Waals surface area (Å²) in [6.45, 7) is 6.23. The summed E-state index contributed by atoms with van der Waals surface area (Å²) >= 11 is 0. The number of nitrogens with one attached hydrogen (secondary N) is 1. The molecule has 1 atom stereocenters. The summed E-state index contributed by atoms with van der Waals surface area (Å²) in [5.74, 6) is -0.277. The lowest BCUT2D eigenvalue weighted by Gasteiger charge is -2.26. The van der Waals surface area contributed by atoms with E-state index in [1.165, 1.54) is 0 Å². The summed E-state index contributed by atoms with van der Waals surface area (Å²) in [4.78, 5) is 15.2. The number of anilines is 1. The third-order valence-electron chi connectivity index (χ3n) is 2.84. The highest BCUT2D eigenvalue weighted by molar-refractivity contribution is 5.69. The Balaban J connectivity index is 2.22. The van der Waals surface area contributed by atoms with Crippen molar-refractivity contribution in [1.29, 1.82) is 0 Å². The first-order valence-electron chi connectivity index (χ1n) is 6.48. The van der Waals surface area contributed by atoms with Crippen LogP contribution < -0.4 is 5.32 Å². The monoisotopic (exact) mass is 277 g/mol. The van der Waals surface area contributed by atoms with E-state index in [9.17, 15) is 4.79 Å². The fourth-order valence-electron chi connectivity index (χ4n) is 2.18. The molecule has 0 aliphatic heterocycles. The molecule has 1 unspecified atom stereocenters. The standard InChI is InChI=1S/C13H19N5O2/c1-13(2,3)7-9(6-10(19)20)16-11-12-17-15-8-18(12)5-4-14-11/h4-5,8-9H,6-7H2,1-3H3,(H,14,16)(H,19,20). The highest BCUT2D eigenvalue weighted by atomic mass is 16.4. The molecule has 0 spiro atoms. The maximum Gasteiger partial charge on any atom is 0.305 e. The lowest BCUT2D eigenvalue weighted by molar-refractivity contribution is -0.137. The maximum absolute atomic E-state index is 11.0. The fraction of sp³-hybridized carbons (Fsp3) is 0.538. The zero-order valence-electron chi connectivity index (χ0n) is 11.9. The molecule has 0 aliphatic carbocycles. The van der Waals surface area contributed by atoms with Gasteiger partial charge in [-0.1, -0.05) is 20.8 Å². The van der Waals surface area contributed by atoms with Gasteiger partial charge in [-0.25, -0.2) is 4.98 Å². The molecule has 0 aromatic carbocycles. The van der Waals surface area contributed by atoms with Crippen LogP contribution in [0.15, 0.2) is 18.7 Å². The SMILES string of the molecule is CC(C)(C)CC(CC(=O)O)Nc1nccn2cnnc12. The summed E-state index contributed by atoms with van der Waals surface area (Å²) in [6, 6.07) is -0.206. The molecule has 2 rings (SSSR count). The Bertz CT molecular complexity index is 602. The summed E-state index contributed by atoms with van der Waals surface area (Å²) in [5, 5.41) is 20.0. The molecule has 7 heteroatoms. The summed E-state index contributed by atoms with van der Waals surface area (Å²) < 4.78 is 1.74. The number of aromatic nitrogens is 4. The quantitative estimate of drug-likeness (QED) is 0.866. The first kappa shape index (κ1) is 14.2. The predicted molar refractivity (Wildman–Crippen MR) is 74.5 cm³/mol. The number of rotatable bonds is 5. The molecular formula is C13H19N5O2. The van der Waals surface area contributed by atoms with Crippen LogP contribution >= 0.6 is 0 Å². The fourth-order valence-corrected chi connectivity index (χ4v) is 2.18. The summed E-state index contributed by atoms with van der Waals surface area (Å²) in [7, 11) is 0. The Hall–Kier alpha value is -2.18. The van der Waals surface area contributed by atoms with E-state index in [1.54, 1.807) is 23.1 Å². The smallest absolute Gasteiger partial charge is 0.305 e. The van der Waals surface area contributed by atoms with E-state index >= 15 is 0 Å². The summed E-state index contributed by atoms with van der Waals surface area (Å²) in [5.41, 5.74) is 0.614. The minimum atomic E-state index is -0.833. The molecule has 2 aromatic heterocycles. The van der Waals surface area contributed by atoms with E-state index in [-0.39, 0.29) is 17.9 Å². The normalized spacial score (nSPS) is 13.3. The lowest BCUT2D eigenvalue weighted by atomic mass is 9.87. The number of hydrogen-bond donors (Lipinski definition) is 2. The highest BCUT2D eigenvalue weighted by Crippen LogP contribution is 2.24. The highest BCUT2D eigenvalue weighted by Gasteiger charge is 2.22. The predicted octanol–water partition coefficient (Wildman–Crippen LogP) is 1.82. The van der Waals surface area contributed by atoms with Gasteiger partial charge in [-0.3, -0.25) is 9.20 Å². The van der Waals surface area contributed by atoms with E-state index in [1.807, 2.05) is 0 Å². The van der Waals surface area contributed by atoms with Gasteiger partial charge in [0.05, 0.1) is 6.42 Å². The van der Waals surface area contributed by atoms with Gasteiger partial charge >= 0.3 is 5.97 Å². The molecule has 0 saturated carbocycles. The topological polar surface area (TPSA) is 92.4 Å². The van der Waals surface area contributed by atoms with Gasteiger partial charge in [-0.2, -0.15) is 0 Å². The number of nitrogens with zero attached hydrogens (tertiary/aromatic N) is 4. The van der Waals surface area contributed by atoms with Gasteiger partial charge in [0.1, 0.15) is 6.33 Å². The van der Waals surface area contributed by atoms with Crippen molar-refractivity contribution in [2.75, 3.05) is 5.32 Å². The van der Waals surface area contributed by atoms with Crippen molar-refractivity contribution in [2.45, 2.75) is 39.7 Å². The average molecular weight is 277 g/mol. The van der Waals surface area contributed by atoms with Crippen LogP contribution in [0.5, 0.6) is 0 Å². The van der Waals surface area contributed by atoms with E-state index < -0.39 is 5.97 Å². The Morgan fingerprint density at radius 2 is 2.25 bits per heavy atom. The Morgan fingerprint density at radius 1 is 1.50 bits per heavy atom. The zero-order chi connectivity index (χ0) is 14.8. The van der Waals surface area contributed by atoms with Crippen LogP contribution in [-0.2, 0) is 4.79 Å². The molecule has 108 valence electrons.